The van der Waals surface area contributed by atoms with Gasteiger partial charge in [-0.3, -0.25) is 28.9 Å². The number of allylic oxidation sites excluding steroid dienone is 7. The number of ketones is 2. The molecule has 0 saturated carbocycles. The van der Waals surface area contributed by atoms with Gasteiger partial charge in [0.05, 0.1) is 26.1 Å². The van der Waals surface area contributed by atoms with Crippen molar-refractivity contribution >= 4 is 35.4 Å². The zero-order valence-corrected chi connectivity index (χ0v) is 23.0. The van der Waals surface area contributed by atoms with E-state index in [2.05, 4.69) is 0 Å². The van der Waals surface area contributed by atoms with Gasteiger partial charge < -0.3 is 19.7 Å². The minimum Gasteiger partial charge on any atom is -0.502 e. The van der Waals surface area contributed by atoms with Crippen LogP contribution in [0.1, 0.15) is 38.2 Å². The van der Waals surface area contributed by atoms with E-state index in [1.54, 1.807) is 31.2 Å². The van der Waals surface area contributed by atoms with E-state index in [4.69, 9.17) is 14.6 Å². The van der Waals surface area contributed by atoms with E-state index in [1.807, 2.05) is 6.08 Å². The van der Waals surface area contributed by atoms with Crippen LogP contribution in [0.4, 0.5) is 0 Å². The number of nitrogens with zero attached hydrogens (tertiary/aromatic N) is 1. The molecular formula is C31H31NO9. The van der Waals surface area contributed by atoms with Crippen LogP contribution < -0.4 is 9.47 Å². The fraction of sp³-hybridized carbons (Fsp3) is 0.387. The first-order chi connectivity index (χ1) is 19.6. The average molecular weight is 562 g/mol. The first-order valence-electron chi connectivity index (χ1n) is 13.5. The van der Waals surface area contributed by atoms with Crippen LogP contribution in [-0.2, 0) is 24.0 Å². The van der Waals surface area contributed by atoms with Crippen LogP contribution in [0.3, 0.4) is 0 Å². The number of carbonyl (C=O) groups excluding carboxylic acids is 4. The molecule has 2 N–H and O–H groups in total. The van der Waals surface area contributed by atoms with Crippen molar-refractivity contribution in [1.29, 1.82) is 0 Å². The number of likely N-dealkylation sites (tertiary alicyclic amines) is 1. The molecule has 0 radical (unpaired) electrons. The zero-order chi connectivity index (χ0) is 29.6. The van der Waals surface area contributed by atoms with Gasteiger partial charge >= 0.3 is 5.97 Å². The number of aromatic hydroxyl groups is 1. The van der Waals surface area contributed by atoms with Gasteiger partial charge in [0.15, 0.2) is 23.1 Å². The normalized spacial score (nSPS) is 25.6. The summed E-state index contributed by atoms with van der Waals surface area (Å²) in [5, 5.41) is 19.3. The molecule has 4 atom stereocenters. The van der Waals surface area contributed by atoms with E-state index in [0.717, 1.165) is 10.5 Å². The van der Waals surface area contributed by atoms with Gasteiger partial charge in [-0.25, -0.2) is 0 Å². The van der Waals surface area contributed by atoms with Crippen LogP contribution in [-0.4, -0.2) is 65.2 Å². The highest BCUT2D eigenvalue weighted by molar-refractivity contribution is 6.23. The number of fused-ring (bicyclic) bond motifs is 3. The molecule has 5 rings (SSSR count). The van der Waals surface area contributed by atoms with E-state index in [1.165, 1.54) is 20.3 Å². The molecule has 0 unspecified atom stereocenters. The zero-order valence-electron chi connectivity index (χ0n) is 23.0. The average Bonchev–Trinajstić information content (AvgIpc) is 3.19. The van der Waals surface area contributed by atoms with Gasteiger partial charge in [0.25, 0.3) is 0 Å². The lowest BCUT2D eigenvalue weighted by molar-refractivity contribution is -0.142. The number of methoxy groups -OCH3 is 2. The predicted octanol–water partition coefficient (Wildman–Crippen LogP) is 3.25. The third-order valence-corrected chi connectivity index (χ3v) is 8.46. The molecule has 214 valence electrons. The number of phenolic OH excluding ortho intramolecular Hbond substituents is 1. The Morgan fingerprint density at radius 2 is 1.76 bits per heavy atom. The topological polar surface area (TPSA) is 148 Å². The number of aliphatic carboxylic acids is 1. The Labute approximate surface area is 236 Å². The molecule has 10 heteroatoms. The number of carboxylic acid groups (broad SMARTS) is 1. The first kappa shape index (κ1) is 28.1. The summed E-state index contributed by atoms with van der Waals surface area (Å²) in [5.74, 6) is -4.31. The molecule has 0 bridgehead atoms. The monoisotopic (exact) mass is 561 g/mol. The molecule has 1 aromatic rings. The number of Topliss-reactive ketones (excluding diaryl/α,β-unsaturated/α-hetero) is 1. The highest BCUT2D eigenvalue weighted by Crippen LogP contribution is 2.52. The van der Waals surface area contributed by atoms with E-state index < -0.39 is 29.6 Å². The first-order valence-corrected chi connectivity index (χ1v) is 13.5. The number of benzene rings is 1. The molecule has 1 aliphatic heterocycles. The summed E-state index contributed by atoms with van der Waals surface area (Å²) in [5.41, 5.74) is 2.49. The Balaban J connectivity index is 1.55. The largest absolute Gasteiger partial charge is 0.502 e. The maximum absolute atomic E-state index is 13.6. The molecule has 1 aromatic carbocycles. The van der Waals surface area contributed by atoms with Crippen molar-refractivity contribution < 1.29 is 43.7 Å². The maximum Gasteiger partial charge on any atom is 0.303 e. The molecule has 41 heavy (non-hydrogen) atoms. The van der Waals surface area contributed by atoms with Crippen LogP contribution in [0.25, 0.3) is 6.08 Å². The third kappa shape index (κ3) is 4.77. The van der Waals surface area contributed by atoms with Crippen LogP contribution >= 0.6 is 0 Å². The standard InChI is InChI=1S/C31H31NO9/c1-15-11-22(33)21-14-20-17(8-9-19-27(20)31(39)32(30(19)38)10-4-5-25(34)35)18(26(21)28(15)36)7-6-16-12-23(40-2)29(37)24(13-16)41-3/h6-8,11-13,18-20,27,37H,4-5,9-10,14H2,1-3H3,(H,34,35)/t18-,19-,20+,27-/m0/s1. The predicted molar refractivity (Wildman–Crippen MR) is 146 cm³/mol. The third-order valence-electron chi connectivity index (χ3n) is 8.46. The summed E-state index contributed by atoms with van der Waals surface area (Å²) < 4.78 is 10.5. The van der Waals surface area contributed by atoms with E-state index in [-0.39, 0.29) is 66.4 Å². The van der Waals surface area contributed by atoms with Crippen molar-refractivity contribution in [3.05, 3.63) is 58.2 Å². The maximum atomic E-state index is 13.6. The molecule has 1 heterocycles. The second kappa shape index (κ2) is 10.8. The molecule has 1 fully saturated rings. The van der Waals surface area contributed by atoms with Gasteiger partial charge in [-0.15, -0.1) is 0 Å². The Morgan fingerprint density at radius 1 is 1.07 bits per heavy atom. The molecule has 1 saturated heterocycles. The molecule has 2 amide bonds. The van der Waals surface area contributed by atoms with Gasteiger partial charge in [-0.05, 0) is 55.9 Å². The molecular weight excluding hydrogens is 530 g/mol. The van der Waals surface area contributed by atoms with E-state index in [0.29, 0.717) is 28.7 Å². The highest BCUT2D eigenvalue weighted by Gasteiger charge is 2.55. The van der Waals surface area contributed by atoms with Gasteiger partial charge in [0.2, 0.25) is 17.6 Å². The number of ether oxygens (including phenoxy) is 2. The van der Waals surface area contributed by atoms with Gasteiger partial charge in [-0.2, -0.15) is 0 Å². The summed E-state index contributed by atoms with van der Waals surface area (Å²) in [6.07, 6.45) is 7.28. The minimum atomic E-state index is -1.00. The van der Waals surface area contributed by atoms with Gasteiger partial charge in [-0.1, -0.05) is 23.8 Å². The van der Waals surface area contributed by atoms with Crippen LogP contribution in [0, 0.1) is 23.7 Å². The van der Waals surface area contributed by atoms with Crippen LogP contribution in [0.15, 0.2) is 52.7 Å². The van der Waals surface area contributed by atoms with Gasteiger partial charge in [0.1, 0.15) is 0 Å². The summed E-state index contributed by atoms with van der Waals surface area (Å²) in [7, 11) is 2.83. The SMILES string of the molecule is COc1cc(C=C[C@H]2C3=CC[C@@H]4C(=O)N(CCCC(=O)O)C(=O)[C@@H]4[C@@H]3CC3=C2C(=O)C(C)=CC3=O)cc(OC)c1O. The lowest BCUT2D eigenvalue weighted by Gasteiger charge is -2.41. The second-order valence-electron chi connectivity index (χ2n) is 10.7. The lowest BCUT2D eigenvalue weighted by Crippen LogP contribution is -2.40. The highest BCUT2D eigenvalue weighted by atomic mass is 16.5. The summed E-state index contributed by atoms with van der Waals surface area (Å²) in [6.45, 7) is 1.63. The smallest absolute Gasteiger partial charge is 0.303 e. The van der Waals surface area contributed by atoms with Crippen molar-refractivity contribution in [1.82, 2.24) is 4.90 Å². The number of amides is 2. The van der Waals surface area contributed by atoms with Gasteiger partial charge in [0, 0.05) is 35.6 Å². The van der Waals surface area contributed by atoms with Crippen LogP contribution in [0.2, 0.25) is 0 Å². The number of hydrogen-bond donors (Lipinski definition) is 2. The number of rotatable bonds is 8. The van der Waals surface area contributed by atoms with Crippen molar-refractivity contribution in [3.8, 4) is 17.2 Å². The Kier molecular flexibility index (Phi) is 7.42. The fourth-order valence-corrected chi connectivity index (χ4v) is 6.53. The quantitative estimate of drug-likeness (QED) is 0.277. The number of carboxylic acids is 1. The lowest BCUT2D eigenvalue weighted by atomic mass is 9.60. The van der Waals surface area contributed by atoms with Crippen molar-refractivity contribution in [2.45, 2.75) is 32.6 Å². The van der Waals surface area contributed by atoms with E-state index in [9.17, 15) is 29.1 Å². The Hall–Kier alpha value is -4.47. The molecule has 3 aliphatic carbocycles. The molecule has 10 nitrogen and oxygen atoms in total. The van der Waals surface area contributed by atoms with Crippen molar-refractivity contribution in [2.24, 2.45) is 23.7 Å². The second-order valence-corrected chi connectivity index (χ2v) is 10.7. The van der Waals surface area contributed by atoms with Crippen molar-refractivity contribution in [3.63, 3.8) is 0 Å². The fourth-order valence-electron chi connectivity index (χ4n) is 6.53. The van der Waals surface area contributed by atoms with Crippen LogP contribution in [0.5, 0.6) is 17.2 Å². The summed E-state index contributed by atoms with van der Waals surface area (Å²) in [6, 6.07) is 3.23. The number of imide groups is 1. The number of phenols is 1. The molecule has 0 aromatic heterocycles. The minimum absolute atomic E-state index is 0.0279. The Bertz CT molecular complexity index is 1470. The Morgan fingerprint density at radius 3 is 2.39 bits per heavy atom. The molecule has 4 aliphatic rings. The number of hydrogen-bond acceptors (Lipinski definition) is 8. The molecule has 0 spiro atoms. The van der Waals surface area contributed by atoms with Crippen molar-refractivity contribution in [2.75, 3.05) is 20.8 Å². The number of carbonyl (C=O) groups is 5. The summed E-state index contributed by atoms with van der Waals surface area (Å²) in [4.78, 5) is 65.5. The van der Waals surface area contributed by atoms with E-state index >= 15 is 0 Å². The summed E-state index contributed by atoms with van der Waals surface area (Å²) >= 11 is 0.